The topological polar surface area (TPSA) is 56.7 Å². The van der Waals surface area contributed by atoms with E-state index in [4.69, 9.17) is 0 Å². The van der Waals surface area contributed by atoms with E-state index >= 15 is 0 Å². The Morgan fingerprint density at radius 2 is 1.90 bits per heavy atom. The summed E-state index contributed by atoms with van der Waals surface area (Å²) in [5.74, 6) is 0.775. The van der Waals surface area contributed by atoms with Gasteiger partial charge in [0.15, 0.2) is 5.96 Å². The second kappa shape index (κ2) is 7.29. The lowest BCUT2D eigenvalue weighted by atomic mass is 10.0. The van der Waals surface area contributed by atoms with E-state index in [1.54, 1.807) is 0 Å². The molecule has 2 rings (SSSR count). The van der Waals surface area contributed by atoms with Crippen molar-refractivity contribution in [2.75, 3.05) is 13.1 Å². The summed E-state index contributed by atoms with van der Waals surface area (Å²) in [5, 5.41) is 16.8. The Balaban J connectivity index is 1.89. The molecule has 0 atom stereocenters. The van der Waals surface area contributed by atoms with E-state index in [9.17, 15) is 5.11 Å². The van der Waals surface area contributed by atoms with Crippen LogP contribution in [0.4, 0.5) is 0 Å². The first-order chi connectivity index (χ1) is 9.72. The largest absolute Gasteiger partial charge is 0.388 e. The third-order valence-electron chi connectivity index (χ3n) is 3.73. The normalized spacial score (nSPS) is 18.0. The zero-order valence-electron chi connectivity index (χ0n) is 12.2. The summed E-state index contributed by atoms with van der Waals surface area (Å²) in [6.07, 6.45) is 4.02. The third-order valence-corrected chi connectivity index (χ3v) is 3.73. The van der Waals surface area contributed by atoms with Crippen LogP contribution in [0.1, 0.15) is 38.2 Å². The van der Waals surface area contributed by atoms with Crippen LogP contribution in [0.2, 0.25) is 0 Å². The molecular weight excluding hydrogens is 250 g/mol. The van der Waals surface area contributed by atoms with Crippen molar-refractivity contribution in [3.8, 4) is 0 Å². The Bertz CT molecular complexity index is 425. The van der Waals surface area contributed by atoms with Gasteiger partial charge in [0.2, 0.25) is 0 Å². The first kappa shape index (κ1) is 14.9. The van der Waals surface area contributed by atoms with E-state index < -0.39 is 5.60 Å². The summed E-state index contributed by atoms with van der Waals surface area (Å²) in [7, 11) is 0. The van der Waals surface area contributed by atoms with Crippen LogP contribution in [0, 0.1) is 0 Å². The van der Waals surface area contributed by atoms with Gasteiger partial charge in [-0.3, -0.25) is 0 Å². The molecule has 4 heteroatoms. The van der Waals surface area contributed by atoms with Gasteiger partial charge in [0.1, 0.15) is 0 Å². The van der Waals surface area contributed by atoms with Gasteiger partial charge in [0.05, 0.1) is 12.1 Å². The van der Waals surface area contributed by atoms with E-state index in [1.165, 1.54) is 5.56 Å². The Hall–Kier alpha value is -1.55. The van der Waals surface area contributed by atoms with Crippen LogP contribution in [0.5, 0.6) is 0 Å². The number of hydrogen-bond acceptors (Lipinski definition) is 2. The van der Waals surface area contributed by atoms with Crippen LogP contribution in [0.25, 0.3) is 0 Å². The summed E-state index contributed by atoms with van der Waals surface area (Å²) in [5.41, 5.74) is 0.632. The quantitative estimate of drug-likeness (QED) is 0.569. The summed E-state index contributed by atoms with van der Waals surface area (Å²) in [6.45, 7) is 4.09. The molecule has 0 saturated heterocycles. The Morgan fingerprint density at radius 3 is 2.55 bits per heavy atom. The van der Waals surface area contributed by atoms with Crippen LogP contribution >= 0.6 is 0 Å². The van der Waals surface area contributed by atoms with Crippen molar-refractivity contribution in [1.29, 1.82) is 0 Å². The van der Waals surface area contributed by atoms with Gasteiger partial charge in [-0.25, -0.2) is 4.99 Å². The van der Waals surface area contributed by atoms with Crippen molar-refractivity contribution in [2.45, 2.75) is 44.8 Å². The number of nitrogens with one attached hydrogen (secondary N) is 2. The number of hydrogen-bond donors (Lipinski definition) is 3. The summed E-state index contributed by atoms with van der Waals surface area (Å²) < 4.78 is 0. The molecule has 1 aliphatic carbocycles. The van der Waals surface area contributed by atoms with Crippen molar-refractivity contribution in [2.24, 2.45) is 4.99 Å². The van der Waals surface area contributed by atoms with Crippen LogP contribution in [0.3, 0.4) is 0 Å². The van der Waals surface area contributed by atoms with Gasteiger partial charge in [0.25, 0.3) is 0 Å². The molecule has 3 N–H and O–H groups in total. The second-order valence-electron chi connectivity index (χ2n) is 5.47. The highest BCUT2D eigenvalue weighted by Gasteiger charge is 2.30. The molecule has 1 saturated carbocycles. The third kappa shape index (κ3) is 4.53. The fourth-order valence-corrected chi connectivity index (χ4v) is 2.55. The van der Waals surface area contributed by atoms with E-state index in [0.717, 1.165) is 38.2 Å². The predicted octanol–water partition coefficient (Wildman–Crippen LogP) is 2.05. The molecule has 0 aliphatic heterocycles. The van der Waals surface area contributed by atoms with Crippen molar-refractivity contribution < 1.29 is 5.11 Å². The number of nitrogens with zero attached hydrogens (tertiary/aromatic N) is 1. The van der Waals surface area contributed by atoms with Crippen molar-refractivity contribution in [3.05, 3.63) is 35.9 Å². The molecular formula is C16H25N3O. The highest BCUT2D eigenvalue weighted by Crippen LogP contribution is 2.28. The Morgan fingerprint density at radius 1 is 1.20 bits per heavy atom. The first-order valence-corrected chi connectivity index (χ1v) is 7.50. The molecule has 1 fully saturated rings. The monoisotopic (exact) mass is 275 g/mol. The van der Waals surface area contributed by atoms with Crippen molar-refractivity contribution in [1.82, 2.24) is 10.6 Å². The van der Waals surface area contributed by atoms with Crippen LogP contribution in [-0.2, 0) is 6.54 Å². The fraction of sp³-hybridized carbons (Fsp3) is 0.562. The van der Waals surface area contributed by atoms with Gasteiger partial charge in [-0.1, -0.05) is 43.2 Å². The maximum Gasteiger partial charge on any atom is 0.191 e. The second-order valence-corrected chi connectivity index (χ2v) is 5.47. The summed E-state index contributed by atoms with van der Waals surface area (Å²) in [6, 6.07) is 10.2. The molecule has 4 nitrogen and oxygen atoms in total. The smallest absolute Gasteiger partial charge is 0.191 e. The van der Waals surface area contributed by atoms with E-state index in [0.29, 0.717) is 13.1 Å². The molecule has 0 unspecified atom stereocenters. The fourth-order valence-electron chi connectivity index (χ4n) is 2.55. The minimum Gasteiger partial charge on any atom is -0.388 e. The first-order valence-electron chi connectivity index (χ1n) is 7.50. The van der Waals surface area contributed by atoms with Gasteiger partial charge in [0, 0.05) is 13.1 Å². The Kier molecular flexibility index (Phi) is 5.41. The van der Waals surface area contributed by atoms with Crippen molar-refractivity contribution >= 4 is 5.96 Å². The average Bonchev–Trinajstić information content (AvgIpc) is 2.90. The lowest BCUT2D eigenvalue weighted by Crippen LogP contribution is -2.46. The van der Waals surface area contributed by atoms with E-state index in [1.807, 2.05) is 25.1 Å². The molecule has 1 aromatic rings. The average molecular weight is 275 g/mol. The minimum atomic E-state index is -0.553. The lowest BCUT2D eigenvalue weighted by Gasteiger charge is -2.23. The minimum absolute atomic E-state index is 0.553. The molecule has 1 aromatic carbocycles. The molecule has 0 amide bonds. The lowest BCUT2D eigenvalue weighted by molar-refractivity contribution is 0.0522. The van der Waals surface area contributed by atoms with Gasteiger partial charge in [-0.15, -0.1) is 0 Å². The molecule has 0 heterocycles. The number of rotatable bonds is 5. The van der Waals surface area contributed by atoms with Crippen LogP contribution in [0.15, 0.2) is 35.3 Å². The van der Waals surface area contributed by atoms with E-state index in [-0.39, 0.29) is 0 Å². The van der Waals surface area contributed by atoms with Crippen molar-refractivity contribution in [3.63, 3.8) is 0 Å². The number of benzene rings is 1. The van der Waals surface area contributed by atoms with Crippen LogP contribution < -0.4 is 10.6 Å². The molecule has 0 aromatic heterocycles. The maximum atomic E-state index is 10.3. The predicted molar refractivity (Wildman–Crippen MR) is 82.7 cm³/mol. The Labute approximate surface area is 121 Å². The van der Waals surface area contributed by atoms with Crippen LogP contribution in [-0.4, -0.2) is 29.8 Å². The molecule has 1 aliphatic rings. The van der Waals surface area contributed by atoms with Gasteiger partial charge >= 0.3 is 0 Å². The highest BCUT2D eigenvalue weighted by molar-refractivity contribution is 5.79. The molecule has 0 bridgehead atoms. The molecule has 110 valence electrons. The highest BCUT2D eigenvalue weighted by atomic mass is 16.3. The van der Waals surface area contributed by atoms with Gasteiger partial charge < -0.3 is 15.7 Å². The maximum absolute atomic E-state index is 10.3. The zero-order valence-corrected chi connectivity index (χ0v) is 12.2. The number of aliphatic hydroxyl groups is 1. The SMILES string of the molecule is CCNC(=NCc1ccccc1)NCC1(O)CCCC1. The number of guanidine groups is 1. The molecule has 0 spiro atoms. The van der Waals surface area contributed by atoms with E-state index in [2.05, 4.69) is 27.8 Å². The molecule has 0 radical (unpaired) electrons. The summed E-state index contributed by atoms with van der Waals surface area (Å²) in [4.78, 5) is 4.56. The summed E-state index contributed by atoms with van der Waals surface area (Å²) >= 11 is 0. The zero-order chi connectivity index (χ0) is 14.3. The van der Waals surface area contributed by atoms with Gasteiger partial charge in [-0.05, 0) is 25.3 Å². The molecule has 20 heavy (non-hydrogen) atoms. The van der Waals surface area contributed by atoms with Gasteiger partial charge in [-0.2, -0.15) is 0 Å². The standard InChI is InChI=1S/C16H25N3O/c1-2-17-15(18-12-14-8-4-3-5-9-14)19-13-16(20)10-6-7-11-16/h3-5,8-9,20H,2,6-7,10-13H2,1H3,(H2,17,18,19). The number of aliphatic imine (C=N–C) groups is 1.